The highest BCUT2D eigenvalue weighted by molar-refractivity contribution is 8.01. The van der Waals surface area contributed by atoms with Crippen molar-refractivity contribution < 1.29 is 46.6 Å². The number of amides is 4. The highest BCUT2D eigenvalue weighted by Crippen LogP contribution is 2.32. The smallest absolute Gasteiger partial charge is 0.329 e. The van der Waals surface area contributed by atoms with Crippen molar-refractivity contribution in [1.29, 1.82) is 0 Å². The molecule has 2 atom stereocenters. The molecule has 0 bridgehead atoms. The van der Waals surface area contributed by atoms with Crippen molar-refractivity contribution in [3.8, 4) is 0 Å². The average molecular weight is 505 g/mol. The Morgan fingerprint density at radius 3 is 2.21 bits per heavy atom. The molecular weight excluding hydrogens is 480 g/mol. The number of hydrogen-bond donors (Lipinski definition) is 1. The van der Waals surface area contributed by atoms with E-state index >= 15 is 0 Å². The van der Waals surface area contributed by atoms with Gasteiger partial charge in [0.05, 0.1) is 17.4 Å². The predicted octanol–water partition coefficient (Wildman–Crippen LogP) is -0.284. The number of imide groups is 2. The van der Waals surface area contributed by atoms with Crippen LogP contribution < -0.4 is 0 Å². The fourth-order valence-electron chi connectivity index (χ4n) is 4.19. The van der Waals surface area contributed by atoms with Crippen molar-refractivity contribution in [3.05, 3.63) is 0 Å². The molecule has 0 spiro atoms. The van der Waals surface area contributed by atoms with Gasteiger partial charge < -0.3 is 4.84 Å². The number of hydroxylamine groups is 2. The fourth-order valence-corrected chi connectivity index (χ4v) is 5.82. The van der Waals surface area contributed by atoms with Crippen LogP contribution in [0.1, 0.15) is 45.4 Å². The van der Waals surface area contributed by atoms with Crippen LogP contribution in [-0.4, -0.2) is 81.1 Å². The molecule has 33 heavy (non-hydrogen) atoms. The first-order valence-corrected chi connectivity index (χ1v) is 12.9. The molecule has 1 saturated carbocycles. The molecule has 1 aliphatic carbocycles. The quantitative estimate of drug-likeness (QED) is 0.340. The monoisotopic (exact) mass is 504 g/mol. The van der Waals surface area contributed by atoms with Crippen LogP contribution in [0.4, 0.5) is 0 Å². The summed E-state index contributed by atoms with van der Waals surface area (Å²) in [5.41, 5.74) is 0. The SMILES string of the molecule is CC(=O)C1CCC(CN2C(=O)CC(SCC(=O)ON3C(=O)CC(S(=O)(=O)O)C3=O)C2=O)CC1. The lowest BCUT2D eigenvalue weighted by atomic mass is 9.80. The third kappa shape index (κ3) is 5.79. The zero-order valence-electron chi connectivity index (χ0n) is 17.8. The van der Waals surface area contributed by atoms with E-state index in [0.717, 1.165) is 37.4 Å². The number of rotatable bonds is 8. The number of hydrogen-bond acceptors (Lipinski definition) is 10. The van der Waals surface area contributed by atoms with Gasteiger partial charge in [-0.3, -0.25) is 33.4 Å². The van der Waals surface area contributed by atoms with Crippen molar-refractivity contribution >= 4 is 57.3 Å². The molecule has 3 fully saturated rings. The molecule has 2 unspecified atom stereocenters. The number of Topliss-reactive ketones (excluding diaryl/α,β-unsaturated/α-hetero) is 1. The highest BCUT2D eigenvalue weighted by atomic mass is 32.2. The number of thioether (sulfide) groups is 1. The summed E-state index contributed by atoms with van der Waals surface area (Å²) in [5, 5.41) is -2.86. The molecule has 0 aromatic carbocycles. The van der Waals surface area contributed by atoms with Crippen molar-refractivity contribution in [2.75, 3.05) is 12.3 Å². The number of carbonyl (C=O) groups is 6. The Labute approximate surface area is 194 Å². The van der Waals surface area contributed by atoms with Crippen molar-refractivity contribution in [3.63, 3.8) is 0 Å². The molecule has 182 valence electrons. The van der Waals surface area contributed by atoms with Gasteiger partial charge in [-0.25, -0.2) is 4.79 Å². The van der Waals surface area contributed by atoms with E-state index in [1.165, 1.54) is 4.90 Å². The van der Waals surface area contributed by atoms with E-state index in [4.69, 9.17) is 4.55 Å². The molecule has 4 amide bonds. The molecule has 0 radical (unpaired) electrons. The van der Waals surface area contributed by atoms with Crippen LogP contribution in [0, 0.1) is 11.8 Å². The minimum atomic E-state index is -4.83. The maximum absolute atomic E-state index is 12.6. The lowest BCUT2D eigenvalue weighted by molar-refractivity contribution is -0.195. The molecule has 12 nitrogen and oxygen atoms in total. The Hall–Kier alpha value is -2.32. The Morgan fingerprint density at radius 2 is 1.67 bits per heavy atom. The molecule has 14 heteroatoms. The van der Waals surface area contributed by atoms with E-state index in [2.05, 4.69) is 4.84 Å². The van der Waals surface area contributed by atoms with Gasteiger partial charge in [-0.2, -0.15) is 8.42 Å². The Balaban J connectivity index is 1.48. The van der Waals surface area contributed by atoms with Crippen LogP contribution in [0.15, 0.2) is 0 Å². The first-order chi connectivity index (χ1) is 15.4. The summed E-state index contributed by atoms with van der Waals surface area (Å²) < 4.78 is 31.2. The van der Waals surface area contributed by atoms with Crippen LogP contribution >= 0.6 is 11.8 Å². The van der Waals surface area contributed by atoms with Crippen LogP contribution in [0.2, 0.25) is 0 Å². The molecule has 0 aromatic heterocycles. The van der Waals surface area contributed by atoms with E-state index in [1.54, 1.807) is 6.92 Å². The number of likely N-dealkylation sites (tertiary alicyclic amines) is 1. The van der Waals surface area contributed by atoms with Crippen LogP contribution in [0.25, 0.3) is 0 Å². The summed E-state index contributed by atoms with van der Waals surface area (Å²) in [4.78, 5) is 77.9. The Morgan fingerprint density at radius 1 is 1.03 bits per heavy atom. The van der Waals surface area contributed by atoms with E-state index in [-0.39, 0.29) is 41.6 Å². The lowest BCUT2D eigenvalue weighted by Crippen LogP contribution is -2.38. The van der Waals surface area contributed by atoms with E-state index in [0.29, 0.717) is 0 Å². The van der Waals surface area contributed by atoms with E-state index in [9.17, 15) is 37.2 Å². The summed E-state index contributed by atoms with van der Waals surface area (Å²) in [6, 6.07) is 0. The summed E-state index contributed by atoms with van der Waals surface area (Å²) in [5.74, 6) is -4.53. The van der Waals surface area contributed by atoms with Crippen LogP contribution in [0.5, 0.6) is 0 Å². The number of nitrogens with zero attached hydrogens (tertiary/aromatic N) is 2. The van der Waals surface area contributed by atoms with Gasteiger partial charge in [-0.1, -0.05) is 0 Å². The average Bonchev–Trinajstić information content (AvgIpc) is 3.17. The molecule has 0 aromatic rings. The first kappa shape index (κ1) is 25.3. The maximum atomic E-state index is 12.6. The fraction of sp³-hybridized carbons (Fsp3) is 0.684. The Bertz CT molecular complexity index is 987. The normalized spacial score (nSPS) is 28.5. The molecule has 3 aliphatic rings. The van der Waals surface area contributed by atoms with Gasteiger partial charge in [0.1, 0.15) is 5.78 Å². The lowest BCUT2D eigenvalue weighted by Gasteiger charge is -2.29. The number of carbonyl (C=O) groups excluding carboxylic acids is 6. The molecule has 1 N–H and O–H groups in total. The van der Waals surface area contributed by atoms with E-state index in [1.807, 2.05) is 0 Å². The second-order valence-corrected chi connectivity index (χ2v) is 11.2. The van der Waals surface area contributed by atoms with Gasteiger partial charge in [0, 0.05) is 18.9 Å². The second-order valence-electron chi connectivity index (χ2n) is 8.37. The maximum Gasteiger partial charge on any atom is 0.343 e. The van der Waals surface area contributed by atoms with Crippen molar-refractivity contribution in [2.45, 2.75) is 55.9 Å². The third-order valence-electron chi connectivity index (χ3n) is 6.08. The summed E-state index contributed by atoms with van der Waals surface area (Å²) in [7, 11) is -4.83. The predicted molar refractivity (Wildman–Crippen MR) is 112 cm³/mol. The van der Waals surface area contributed by atoms with Gasteiger partial charge in [-0.05, 0) is 38.5 Å². The molecule has 2 aliphatic heterocycles. The highest BCUT2D eigenvalue weighted by Gasteiger charge is 2.48. The van der Waals surface area contributed by atoms with Crippen molar-refractivity contribution in [1.82, 2.24) is 9.96 Å². The molecule has 2 saturated heterocycles. The summed E-state index contributed by atoms with van der Waals surface area (Å²) in [6.07, 6.45) is 1.99. The van der Waals surface area contributed by atoms with Gasteiger partial charge in [-0.15, -0.1) is 16.8 Å². The topological polar surface area (TPSA) is 172 Å². The van der Waals surface area contributed by atoms with Crippen LogP contribution in [0.3, 0.4) is 0 Å². The summed E-state index contributed by atoms with van der Waals surface area (Å²) >= 11 is 0.818. The zero-order valence-corrected chi connectivity index (χ0v) is 19.4. The standard InChI is InChI=1S/C19H24N2O10S2/c1-10(22)12-4-2-11(3-5-12)8-20-15(23)6-13(18(20)26)32-9-17(25)31-21-16(24)7-14(19(21)27)33(28,29)30/h11-14H,2-9H2,1H3,(H,28,29,30). The van der Waals surface area contributed by atoms with Gasteiger partial charge in [0.25, 0.3) is 21.9 Å². The first-order valence-electron chi connectivity index (χ1n) is 10.4. The minimum Gasteiger partial charge on any atom is -0.329 e. The molecular formula is C19H24N2O10S2. The molecule has 3 rings (SSSR count). The van der Waals surface area contributed by atoms with Gasteiger partial charge in [0.2, 0.25) is 11.8 Å². The van der Waals surface area contributed by atoms with Crippen molar-refractivity contribution in [2.24, 2.45) is 11.8 Å². The van der Waals surface area contributed by atoms with E-state index < -0.39 is 56.5 Å². The number of ketones is 1. The van der Waals surface area contributed by atoms with Crippen LogP contribution in [-0.2, 0) is 43.7 Å². The van der Waals surface area contributed by atoms with Gasteiger partial charge >= 0.3 is 5.97 Å². The third-order valence-corrected chi connectivity index (χ3v) is 8.34. The van der Waals surface area contributed by atoms with Gasteiger partial charge in [0.15, 0.2) is 5.25 Å². The second kappa shape index (κ2) is 9.89. The Kier molecular flexibility index (Phi) is 7.59. The minimum absolute atomic E-state index is 0.00730. The largest absolute Gasteiger partial charge is 0.343 e. The summed E-state index contributed by atoms with van der Waals surface area (Å²) in [6.45, 7) is 1.82. The zero-order chi connectivity index (χ0) is 24.5. The molecule has 2 heterocycles.